The lowest BCUT2D eigenvalue weighted by Crippen LogP contribution is -2.15. The van der Waals surface area contributed by atoms with E-state index in [1.807, 2.05) is 6.07 Å². The first-order valence-electron chi connectivity index (χ1n) is 7.10. The van der Waals surface area contributed by atoms with Crippen LogP contribution in [0.25, 0.3) is 0 Å². The molecule has 1 aliphatic rings. The predicted molar refractivity (Wildman–Crippen MR) is 90.0 cm³/mol. The molecular formula is C17H17BrFNS. The van der Waals surface area contributed by atoms with E-state index < -0.39 is 0 Å². The van der Waals surface area contributed by atoms with Crippen LogP contribution in [0.5, 0.6) is 0 Å². The summed E-state index contributed by atoms with van der Waals surface area (Å²) >= 11 is 5.06. The summed E-state index contributed by atoms with van der Waals surface area (Å²) in [5, 5.41) is 3.52. The summed E-state index contributed by atoms with van der Waals surface area (Å²) in [5.74, 6) is 0.502. The van der Waals surface area contributed by atoms with E-state index in [1.54, 1.807) is 17.8 Å². The lowest BCUT2D eigenvalue weighted by Gasteiger charge is -2.07. The van der Waals surface area contributed by atoms with E-state index >= 15 is 0 Å². The van der Waals surface area contributed by atoms with Gasteiger partial charge in [0.2, 0.25) is 0 Å². The molecule has 1 saturated carbocycles. The first-order chi connectivity index (χ1) is 10.2. The van der Waals surface area contributed by atoms with Gasteiger partial charge in [-0.25, -0.2) is 4.39 Å². The summed E-state index contributed by atoms with van der Waals surface area (Å²) in [4.78, 5) is 1.18. The number of hydrogen-bond acceptors (Lipinski definition) is 2. The van der Waals surface area contributed by atoms with Crippen molar-refractivity contribution in [1.82, 2.24) is 5.32 Å². The number of thioether (sulfide) groups is 1. The molecule has 2 aromatic rings. The Kier molecular flexibility index (Phi) is 4.99. The van der Waals surface area contributed by atoms with Crippen LogP contribution in [-0.2, 0) is 12.3 Å². The Bertz CT molecular complexity index is 628. The summed E-state index contributed by atoms with van der Waals surface area (Å²) in [6.07, 6.45) is 2.60. The molecule has 3 rings (SSSR count). The van der Waals surface area contributed by atoms with Crippen LogP contribution in [0, 0.1) is 5.82 Å². The Morgan fingerprint density at radius 1 is 1.19 bits per heavy atom. The second-order valence-electron chi connectivity index (χ2n) is 5.33. The van der Waals surface area contributed by atoms with Crippen molar-refractivity contribution in [2.45, 2.75) is 36.1 Å². The molecule has 1 N–H and O–H groups in total. The third kappa shape index (κ3) is 4.56. The minimum atomic E-state index is -0.141. The number of nitrogens with one attached hydrogen (secondary N) is 1. The van der Waals surface area contributed by atoms with Crippen molar-refractivity contribution in [2.75, 3.05) is 0 Å². The van der Waals surface area contributed by atoms with Crippen molar-refractivity contribution in [1.29, 1.82) is 0 Å². The van der Waals surface area contributed by atoms with Crippen LogP contribution in [0.3, 0.4) is 0 Å². The molecular weight excluding hydrogens is 349 g/mol. The van der Waals surface area contributed by atoms with E-state index in [-0.39, 0.29) is 5.82 Å². The fourth-order valence-corrected chi connectivity index (χ4v) is 3.47. The van der Waals surface area contributed by atoms with Crippen molar-refractivity contribution in [3.63, 3.8) is 0 Å². The molecule has 4 heteroatoms. The van der Waals surface area contributed by atoms with Gasteiger partial charge in [0.1, 0.15) is 5.82 Å². The molecule has 1 aliphatic carbocycles. The summed E-state index contributed by atoms with van der Waals surface area (Å²) in [7, 11) is 0. The van der Waals surface area contributed by atoms with Gasteiger partial charge in [-0.1, -0.05) is 28.1 Å². The molecule has 0 heterocycles. The zero-order chi connectivity index (χ0) is 14.7. The van der Waals surface area contributed by atoms with Crippen LogP contribution in [0.2, 0.25) is 0 Å². The number of hydrogen-bond donors (Lipinski definition) is 1. The van der Waals surface area contributed by atoms with Gasteiger partial charge in [-0.05, 0) is 54.3 Å². The van der Waals surface area contributed by atoms with Crippen molar-refractivity contribution in [2.24, 2.45) is 0 Å². The summed E-state index contributed by atoms with van der Waals surface area (Å²) < 4.78 is 14.6. The summed E-state index contributed by atoms with van der Waals surface area (Å²) in [6.45, 7) is 0.921. The largest absolute Gasteiger partial charge is 0.310 e. The molecule has 110 valence electrons. The molecule has 0 saturated heterocycles. The van der Waals surface area contributed by atoms with Gasteiger partial charge in [0.05, 0.1) is 0 Å². The number of benzene rings is 2. The van der Waals surface area contributed by atoms with Gasteiger partial charge >= 0.3 is 0 Å². The second-order valence-corrected chi connectivity index (χ2v) is 7.29. The SMILES string of the molecule is Fc1ccc(Br)cc1CSc1cccc(CNC2CC2)c1. The van der Waals surface area contributed by atoms with Gasteiger partial charge in [0.25, 0.3) is 0 Å². The Morgan fingerprint density at radius 2 is 2.05 bits per heavy atom. The highest BCUT2D eigenvalue weighted by Gasteiger charge is 2.19. The minimum absolute atomic E-state index is 0.141. The molecule has 0 spiro atoms. The van der Waals surface area contributed by atoms with E-state index in [9.17, 15) is 4.39 Å². The molecule has 0 bridgehead atoms. The topological polar surface area (TPSA) is 12.0 Å². The highest BCUT2D eigenvalue weighted by Crippen LogP contribution is 2.27. The zero-order valence-corrected chi connectivity index (χ0v) is 14.0. The monoisotopic (exact) mass is 365 g/mol. The van der Waals surface area contributed by atoms with Crippen LogP contribution < -0.4 is 5.32 Å². The van der Waals surface area contributed by atoms with E-state index in [4.69, 9.17) is 0 Å². The summed E-state index contributed by atoms with van der Waals surface area (Å²) in [6, 6.07) is 14.3. The molecule has 0 aliphatic heterocycles. The first kappa shape index (κ1) is 15.1. The van der Waals surface area contributed by atoms with Crippen molar-refractivity contribution in [3.05, 3.63) is 63.9 Å². The molecule has 0 radical (unpaired) electrons. The fourth-order valence-electron chi connectivity index (χ4n) is 2.11. The Labute approximate surface area is 137 Å². The van der Waals surface area contributed by atoms with Crippen molar-refractivity contribution in [3.8, 4) is 0 Å². The Morgan fingerprint density at radius 3 is 2.86 bits per heavy atom. The van der Waals surface area contributed by atoms with Crippen LogP contribution in [-0.4, -0.2) is 6.04 Å². The molecule has 1 nitrogen and oxygen atoms in total. The van der Waals surface area contributed by atoms with E-state index in [0.717, 1.165) is 22.6 Å². The quantitative estimate of drug-likeness (QED) is 0.711. The molecule has 2 aromatic carbocycles. The van der Waals surface area contributed by atoms with Gasteiger partial charge in [-0.2, -0.15) is 0 Å². The number of rotatable bonds is 6. The van der Waals surface area contributed by atoms with Gasteiger partial charge in [-0.15, -0.1) is 11.8 Å². The molecule has 21 heavy (non-hydrogen) atoms. The maximum absolute atomic E-state index is 13.7. The smallest absolute Gasteiger partial charge is 0.127 e. The third-order valence-corrected chi connectivity index (χ3v) is 5.01. The van der Waals surface area contributed by atoms with Crippen LogP contribution in [0.1, 0.15) is 24.0 Å². The molecule has 1 fully saturated rings. The summed E-state index contributed by atoms with van der Waals surface area (Å²) in [5.41, 5.74) is 2.03. The molecule has 0 amide bonds. The van der Waals surface area contributed by atoms with Crippen LogP contribution >= 0.6 is 27.7 Å². The van der Waals surface area contributed by atoms with E-state index in [0.29, 0.717) is 5.75 Å². The Hall–Kier alpha value is -0.840. The maximum atomic E-state index is 13.7. The van der Waals surface area contributed by atoms with Crippen LogP contribution in [0.15, 0.2) is 51.8 Å². The number of halogens is 2. The van der Waals surface area contributed by atoms with Gasteiger partial charge in [0, 0.05) is 27.7 Å². The van der Waals surface area contributed by atoms with Crippen molar-refractivity contribution < 1.29 is 4.39 Å². The highest BCUT2D eigenvalue weighted by molar-refractivity contribution is 9.10. The van der Waals surface area contributed by atoms with Gasteiger partial charge in [-0.3, -0.25) is 0 Å². The molecule has 0 aromatic heterocycles. The van der Waals surface area contributed by atoms with Crippen molar-refractivity contribution >= 4 is 27.7 Å². The zero-order valence-electron chi connectivity index (χ0n) is 11.6. The van der Waals surface area contributed by atoms with Gasteiger partial charge < -0.3 is 5.32 Å². The van der Waals surface area contributed by atoms with E-state index in [2.05, 4.69) is 45.5 Å². The average molecular weight is 366 g/mol. The third-order valence-electron chi connectivity index (χ3n) is 3.47. The minimum Gasteiger partial charge on any atom is -0.310 e. The predicted octanol–water partition coefficient (Wildman–Crippen LogP) is 5.13. The Balaban J connectivity index is 1.61. The van der Waals surface area contributed by atoms with E-state index in [1.165, 1.54) is 29.4 Å². The average Bonchev–Trinajstić information content (AvgIpc) is 3.31. The maximum Gasteiger partial charge on any atom is 0.127 e. The fraction of sp³-hybridized carbons (Fsp3) is 0.294. The second kappa shape index (κ2) is 6.95. The standard InChI is InChI=1S/C17H17BrFNS/c18-14-4-7-17(19)13(9-14)11-21-16-3-1-2-12(8-16)10-20-15-5-6-15/h1-4,7-9,15,20H,5-6,10-11H2. The lowest BCUT2D eigenvalue weighted by molar-refractivity contribution is 0.617. The first-order valence-corrected chi connectivity index (χ1v) is 8.87. The molecule has 0 unspecified atom stereocenters. The van der Waals surface area contributed by atoms with Crippen LogP contribution in [0.4, 0.5) is 4.39 Å². The molecule has 0 atom stereocenters. The normalized spacial score (nSPS) is 14.4. The lowest BCUT2D eigenvalue weighted by atomic mass is 10.2. The highest BCUT2D eigenvalue weighted by atomic mass is 79.9. The van der Waals surface area contributed by atoms with Gasteiger partial charge in [0.15, 0.2) is 0 Å².